The first kappa shape index (κ1) is 15.3. The van der Waals surface area contributed by atoms with Crippen molar-refractivity contribution in [3.8, 4) is 0 Å². The third-order valence-electron chi connectivity index (χ3n) is 3.14. The maximum atomic E-state index is 13.3. The molecule has 21 heavy (non-hydrogen) atoms. The molecule has 0 aromatic heterocycles. The van der Waals surface area contributed by atoms with Crippen LogP contribution in [0.25, 0.3) is 0 Å². The Labute approximate surface area is 126 Å². The molecule has 0 fully saturated rings. The first-order valence-electron chi connectivity index (χ1n) is 6.31. The van der Waals surface area contributed by atoms with E-state index in [-0.39, 0.29) is 5.69 Å². The molecule has 2 aromatic carbocycles. The number of rotatable bonds is 4. The summed E-state index contributed by atoms with van der Waals surface area (Å²) in [6, 6.07) is 7.49. The fourth-order valence-corrected chi connectivity index (χ4v) is 2.38. The van der Waals surface area contributed by atoms with E-state index < -0.39 is 10.7 Å². The number of nitro benzene ring substituents is 1. The zero-order valence-electron chi connectivity index (χ0n) is 11.6. The van der Waals surface area contributed by atoms with Crippen molar-refractivity contribution in [1.29, 1.82) is 0 Å². The van der Waals surface area contributed by atoms with Gasteiger partial charge in [-0.05, 0) is 49.2 Å². The van der Waals surface area contributed by atoms with E-state index in [2.05, 4.69) is 5.32 Å². The minimum absolute atomic E-state index is 0.0559. The maximum Gasteiger partial charge on any atom is 0.274 e. The van der Waals surface area contributed by atoms with Gasteiger partial charge in [-0.1, -0.05) is 11.6 Å². The van der Waals surface area contributed by atoms with Gasteiger partial charge in [-0.15, -0.1) is 0 Å². The lowest BCUT2D eigenvalue weighted by Crippen LogP contribution is -2.03. The SMILES string of the molecule is Cc1cc(C)c([N+](=O)[O-])cc1NCc1cc(F)cc(Cl)c1. The highest BCUT2D eigenvalue weighted by atomic mass is 35.5. The number of hydrogen-bond donors (Lipinski definition) is 1. The van der Waals surface area contributed by atoms with Crippen molar-refractivity contribution in [3.05, 3.63) is 68.0 Å². The van der Waals surface area contributed by atoms with Gasteiger partial charge in [-0.25, -0.2) is 4.39 Å². The summed E-state index contributed by atoms with van der Waals surface area (Å²) in [4.78, 5) is 10.5. The number of benzene rings is 2. The Balaban J connectivity index is 2.23. The molecule has 0 saturated heterocycles. The average molecular weight is 309 g/mol. The van der Waals surface area contributed by atoms with Gasteiger partial charge in [0.25, 0.3) is 5.69 Å². The summed E-state index contributed by atoms with van der Waals surface area (Å²) in [5.41, 5.74) is 2.87. The molecule has 0 amide bonds. The molecule has 2 rings (SSSR count). The van der Waals surface area contributed by atoms with Crippen molar-refractivity contribution in [2.75, 3.05) is 5.32 Å². The minimum atomic E-state index is -0.418. The molecule has 2 aromatic rings. The van der Waals surface area contributed by atoms with E-state index in [1.165, 1.54) is 18.2 Å². The summed E-state index contributed by atoms with van der Waals surface area (Å²) >= 11 is 5.79. The number of aryl methyl sites for hydroxylation is 2. The largest absolute Gasteiger partial charge is 0.381 e. The standard InChI is InChI=1S/C15H14ClFN2O2/c1-9-3-10(2)15(19(20)21)7-14(9)18-8-11-4-12(16)6-13(17)5-11/h3-7,18H,8H2,1-2H3. The molecule has 4 nitrogen and oxygen atoms in total. The predicted octanol–water partition coefficient (Wildman–Crippen LogP) is 4.62. The van der Waals surface area contributed by atoms with Crippen molar-refractivity contribution in [2.24, 2.45) is 0 Å². The number of anilines is 1. The second-order valence-electron chi connectivity index (χ2n) is 4.84. The van der Waals surface area contributed by atoms with Crippen molar-refractivity contribution < 1.29 is 9.31 Å². The average Bonchev–Trinajstić information content (AvgIpc) is 2.36. The van der Waals surface area contributed by atoms with Crippen LogP contribution in [0.1, 0.15) is 16.7 Å². The molecule has 0 heterocycles. The molecular formula is C15H14ClFN2O2. The van der Waals surface area contributed by atoms with Gasteiger partial charge in [0.05, 0.1) is 4.92 Å². The zero-order valence-corrected chi connectivity index (χ0v) is 12.4. The quantitative estimate of drug-likeness (QED) is 0.662. The van der Waals surface area contributed by atoms with Crippen LogP contribution in [0.4, 0.5) is 15.8 Å². The molecule has 0 radical (unpaired) electrons. The van der Waals surface area contributed by atoms with Gasteiger partial charge in [0.15, 0.2) is 0 Å². The summed E-state index contributed by atoms with van der Waals surface area (Å²) in [6.07, 6.45) is 0. The Morgan fingerprint density at radius 3 is 2.52 bits per heavy atom. The van der Waals surface area contributed by atoms with Gasteiger partial charge in [0.1, 0.15) is 5.82 Å². The molecule has 0 aliphatic rings. The van der Waals surface area contributed by atoms with E-state index in [0.717, 1.165) is 5.56 Å². The lowest BCUT2D eigenvalue weighted by molar-refractivity contribution is -0.385. The van der Waals surface area contributed by atoms with Crippen LogP contribution in [0.5, 0.6) is 0 Å². The van der Waals surface area contributed by atoms with Crippen LogP contribution in [0.2, 0.25) is 5.02 Å². The minimum Gasteiger partial charge on any atom is -0.381 e. The van der Waals surface area contributed by atoms with Gasteiger partial charge >= 0.3 is 0 Å². The van der Waals surface area contributed by atoms with E-state index in [4.69, 9.17) is 11.6 Å². The highest BCUT2D eigenvalue weighted by Crippen LogP contribution is 2.27. The third-order valence-corrected chi connectivity index (χ3v) is 3.36. The number of nitro groups is 1. The highest BCUT2D eigenvalue weighted by molar-refractivity contribution is 6.30. The topological polar surface area (TPSA) is 55.2 Å². The molecule has 0 atom stereocenters. The molecule has 0 unspecified atom stereocenters. The van der Waals surface area contributed by atoms with Crippen LogP contribution in [0.15, 0.2) is 30.3 Å². The maximum absolute atomic E-state index is 13.3. The molecular weight excluding hydrogens is 295 g/mol. The third kappa shape index (κ3) is 3.70. The number of halogens is 2. The summed E-state index contributed by atoms with van der Waals surface area (Å²) in [6.45, 7) is 3.89. The highest BCUT2D eigenvalue weighted by Gasteiger charge is 2.13. The summed E-state index contributed by atoms with van der Waals surface area (Å²) in [7, 11) is 0. The van der Waals surface area contributed by atoms with Crippen molar-refractivity contribution in [2.45, 2.75) is 20.4 Å². The zero-order chi connectivity index (χ0) is 15.6. The number of hydrogen-bond acceptors (Lipinski definition) is 3. The molecule has 110 valence electrons. The molecule has 0 bridgehead atoms. The molecule has 0 saturated carbocycles. The predicted molar refractivity (Wildman–Crippen MR) is 81.3 cm³/mol. The Morgan fingerprint density at radius 2 is 1.90 bits per heavy atom. The van der Waals surface area contributed by atoms with Gasteiger partial charge in [-0.2, -0.15) is 0 Å². The monoisotopic (exact) mass is 308 g/mol. The van der Waals surface area contributed by atoms with E-state index >= 15 is 0 Å². The van der Waals surface area contributed by atoms with E-state index in [9.17, 15) is 14.5 Å². The smallest absolute Gasteiger partial charge is 0.274 e. The van der Waals surface area contributed by atoms with Gasteiger partial charge in [0, 0.05) is 28.9 Å². The lowest BCUT2D eigenvalue weighted by Gasteiger charge is -2.11. The van der Waals surface area contributed by atoms with Crippen LogP contribution in [0, 0.1) is 29.8 Å². The van der Waals surface area contributed by atoms with E-state index in [1.807, 2.05) is 6.92 Å². The second kappa shape index (κ2) is 6.10. The molecule has 0 aliphatic heterocycles. The normalized spacial score (nSPS) is 10.5. The van der Waals surface area contributed by atoms with Crippen LogP contribution in [0.3, 0.4) is 0 Å². The van der Waals surface area contributed by atoms with Crippen molar-refractivity contribution >= 4 is 23.0 Å². The number of nitrogens with zero attached hydrogens (tertiary/aromatic N) is 1. The van der Waals surface area contributed by atoms with Gasteiger partial charge < -0.3 is 5.32 Å². The Kier molecular flexibility index (Phi) is 4.43. The Morgan fingerprint density at radius 1 is 1.19 bits per heavy atom. The first-order valence-corrected chi connectivity index (χ1v) is 6.69. The summed E-state index contributed by atoms with van der Waals surface area (Å²) < 4.78 is 13.3. The summed E-state index contributed by atoms with van der Waals surface area (Å²) in [5, 5.41) is 14.4. The van der Waals surface area contributed by atoms with Gasteiger partial charge in [-0.3, -0.25) is 10.1 Å². The van der Waals surface area contributed by atoms with E-state index in [1.54, 1.807) is 19.1 Å². The van der Waals surface area contributed by atoms with Gasteiger partial charge in [0.2, 0.25) is 0 Å². The fraction of sp³-hybridized carbons (Fsp3) is 0.200. The van der Waals surface area contributed by atoms with Crippen LogP contribution in [-0.4, -0.2) is 4.92 Å². The first-order chi connectivity index (χ1) is 9.86. The molecule has 0 spiro atoms. The van der Waals surface area contributed by atoms with Crippen LogP contribution in [-0.2, 0) is 6.54 Å². The van der Waals surface area contributed by atoms with Crippen molar-refractivity contribution in [3.63, 3.8) is 0 Å². The Bertz CT molecular complexity index is 684. The van der Waals surface area contributed by atoms with Crippen LogP contribution >= 0.6 is 11.6 Å². The molecule has 0 aliphatic carbocycles. The Hall–Kier alpha value is -2.14. The molecule has 1 N–H and O–H groups in total. The second-order valence-corrected chi connectivity index (χ2v) is 5.28. The fourth-order valence-electron chi connectivity index (χ4n) is 2.14. The number of nitrogens with one attached hydrogen (secondary N) is 1. The van der Waals surface area contributed by atoms with Crippen LogP contribution < -0.4 is 5.32 Å². The van der Waals surface area contributed by atoms with Crippen molar-refractivity contribution in [1.82, 2.24) is 0 Å². The van der Waals surface area contributed by atoms with E-state index in [0.29, 0.717) is 28.4 Å². The lowest BCUT2D eigenvalue weighted by atomic mass is 10.1. The molecule has 6 heteroatoms. The summed E-state index contributed by atoms with van der Waals surface area (Å²) in [5.74, 6) is -0.411.